The van der Waals surface area contributed by atoms with Crippen molar-refractivity contribution in [2.45, 2.75) is 31.0 Å². The summed E-state index contributed by atoms with van der Waals surface area (Å²) >= 11 is 6.94. The third kappa shape index (κ3) is 4.58. The van der Waals surface area contributed by atoms with Crippen molar-refractivity contribution in [3.63, 3.8) is 0 Å². The molecule has 28 heavy (non-hydrogen) atoms. The predicted octanol–water partition coefficient (Wildman–Crippen LogP) is 3.35. The molecule has 3 rings (SSSR count). The lowest BCUT2D eigenvalue weighted by molar-refractivity contribution is -0.121. The molecule has 0 aliphatic carbocycles. The highest BCUT2D eigenvalue weighted by Crippen LogP contribution is 2.28. The molecule has 2 aromatic rings. The summed E-state index contributed by atoms with van der Waals surface area (Å²) in [5.41, 5.74) is 2.91. The first-order valence-electron chi connectivity index (χ1n) is 9.06. The molecular formula is C19H24ClN3O3S2. The molecule has 1 aliphatic heterocycles. The Morgan fingerprint density at radius 1 is 1.14 bits per heavy atom. The Balaban J connectivity index is 1.61. The lowest BCUT2D eigenvalue weighted by Crippen LogP contribution is -2.53. The second-order valence-corrected chi connectivity index (χ2v) is 10.9. The first-order valence-corrected chi connectivity index (χ1v) is 11.7. The van der Waals surface area contributed by atoms with Crippen molar-refractivity contribution < 1.29 is 13.2 Å². The molecule has 0 saturated carbocycles. The van der Waals surface area contributed by atoms with Crippen molar-refractivity contribution in [1.29, 1.82) is 0 Å². The number of halogens is 1. The van der Waals surface area contributed by atoms with Gasteiger partial charge in [0.25, 0.3) is 10.0 Å². The van der Waals surface area contributed by atoms with Crippen LogP contribution in [0, 0.1) is 13.8 Å². The Kier molecular flexibility index (Phi) is 6.46. The number of aryl methyl sites for hydroxylation is 2. The van der Waals surface area contributed by atoms with Gasteiger partial charge in [-0.1, -0.05) is 23.7 Å². The number of piperazine rings is 1. The fourth-order valence-electron chi connectivity index (χ4n) is 3.17. The number of benzene rings is 1. The van der Waals surface area contributed by atoms with Crippen LogP contribution in [0.3, 0.4) is 0 Å². The van der Waals surface area contributed by atoms with Gasteiger partial charge in [0.15, 0.2) is 0 Å². The number of anilines is 1. The van der Waals surface area contributed by atoms with Gasteiger partial charge >= 0.3 is 0 Å². The van der Waals surface area contributed by atoms with E-state index in [-0.39, 0.29) is 16.2 Å². The van der Waals surface area contributed by atoms with Crippen LogP contribution in [0.2, 0.25) is 4.34 Å². The summed E-state index contributed by atoms with van der Waals surface area (Å²) in [6.07, 6.45) is 0. The summed E-state index contributed by atoms with van der Waals surface area (Å²) in [5.74, 6) is -0.0879. The fourth-order valence-corrected chi connectivity index (χ4v) is 6.23. The molecule has 6 nitrogen and oxygen atoms in total. The quantitative estimate of drug-likeness (QED) is 0.772. The molecule has 152 valence electrons. The number of hydrogen-bond acceptors (Lipinski definition) is 5. The monoisotopic (exact) mass is 441 g/mol. The van der Waals surface area contributed by atoms with Gasteiger partial charge in [-0.2, -0.15) is 4.31 Å². The second-order valence-electron chi connectivity index (χ2n) is 6.98. The summed E-state index contributed by atoms with van der Waals surface area (Å²) in [6, 6.07) is 8.73. The van der Waals surface area contributed by atoms with E-state index in [4.69, 9.17) is 11.6 Å². The van der Waals surface area contributed by atoms with Gasteiger partial charge in [0, 0.05) is 31.9 Å². The van der Waals surface area contributed by atoms with E-state index in [9.17, 15) is 13.2 Å². The molecule has 0 bridgehead atoms. The number of carbonyl (C=O) groups excluding carboxylic acids is 1. The number of amides is 1. The van der Waals surface area contributed by atoms with E-state index in [1.54, 1.807) is 6.07 Å². The van der Waals surface area contributed by atoms with E-state index in [2.05, 4.69) is 5.32 Å². The van der Waals surface area contributed by atoms with Crippen LogP contribution in [0.4, 0.5) is 5.69 Å². The van der Waals surface area contributed by atoms with E-state index in [0.29, 0.717) is 30.5 Å². The van der Waals surface area contributed by atoms with Gasteiger partial charge < -0.3 is 5.32 Å². The highest BCUT2D eigenvalue weighted by Gasteiger charge is 2.32. The Labute approximate surface area is 175 Å². The van der Waals surface area contributed by atoms with Crippen LogP contribution in [-0.2, 0) is 14.8 Å². The number of hydrogen-bond donors (Lipinski definition) is 1. The van der Waals surface area contributed by atoms with Crippen molar-refractivity contribution in [1.82, 2.24) is 9.21 Å². The van der Waals surface area contributed by atoms with Crippen molar-refractivity contribution in [2.24, 2.45) is 0 Å². The van der Waals surface area contributed by atoms with Crippen molar-refractivity contribution in [2.75, 3.05) is 31.5 Å². The SMILES string of the molecule is Cc1ccc(C)c(NC(=O)C(C)N2CCN(S(=O)(=O)c3ccc(Cl)s3)CC2)c1. The Morgan fingerprint density at radius 2 is 1.82 bits per heavy atom. The number of nitrogens with zero attached hydrogens (tertiary/aromatic N) is 2. The second kappa shape index (κ2) is 8.51. The third-order valence-corrected chi connectivity index (χ3v) is 8.59. The normalized spacial score (nSPS) is 17.4. The molecule has 2 heterocycles. The van der Waals surface area contributed by atoms with Gasteiger partial charge in [-0.15, -0.1) is 11.3 Å². The van der Waals surface area contributed by atoms with Gasteiger partial charge in [-0.3, -0.25) is 9.69 Å². The van der Waals surface area contributed by atoms with Crippen molar-refractivity contribution in [3.8, 4) is 0 Å². The first-order chi connectivity index (χ1) is 13.2. The Hall–Kier alpha value is -1.45. The van der Waals surface area contributed by atoms with Gasteiger partial charge in [0.05, 0.1) is 10.4 Å². The highest BCUT2D eigenvalue weighted by atomic mass is 35.5. The molecule has 1 atom stereocenters. The zero-order valence-electron chi connectivity index (χ0n) is 16.1. The lowest BCUT2D eigenvalue weighted by Gasteiger charge is -2.36. The minimum absolute atomic E-state index is 0.0879. The number of sulfonamides is 1. The van der Waals surface area contributed by atoms with E-state index in [0.717, 1.165) is 28.2 Å². The topological polar surface area (TPSA) is 69.7 Å². The van der Waals surface area contributed by atoms with E-state index in [1.807, 2.05) is 43.9 Å². The largest absolute Gasteiger partial charge is 0.324 e. The minimum atomic E-state index is -3.53. The summed E-state index contributed by atoms with van der Waals surface area (Å²) in [6.45, 7) is 7.49. The average molecular weight is 442 g/mol. The minimum Gasteiger partial charge on any atom is -0.324 e. The van der Waals surface area contributed by atoms with Gasteiger partial charge in [-0.25, -0.2) is 8.42 Å². The maximum Gasteiger partial charge on any atom is 0.252 e. The van der Waals surface area contributed by atoms with Crippen molar-refractivity contribution in [3.05, 3.63) is 45.8 Å². The third-order valence-electron chi connectivity index (χ3n) is 4.99. The van der Waals surface area contributed by atoms with Crippen LogP contribution < -0.4 is 5.32 Å². The molecule has 1 amide bonds. The summed E-state index contributed by atoms with van der Waals surface area (Å²) in [7, 11) is -3.53. The van der Waals surface area contributed by atoms with E-state index >= 15 is 0 Å². The van der Waals surface area contributed by atoms with Crippen LogP contribution in [0.15, 0.2) is 34.5 Å². The smallest absolute Gasteiger partial charge is 0.252 e. The highest BCUT2D eigenvalue weighted by molar-refractivity contribution is 7.91. The van der Waals surface area contributed by atoms with E-state index < -0.39 is 10.0 Å². The maximum atomic E-state index is 12.7. The molecule has 1 aliphatic rings. The predicted molar refractivity (Wildman–Crippen MR) is 114 cm³/mol. The van der Waals surface area contributed by atoms with E-state index in [1.165, 1.54) is 10.4 Å². The zero-order valence-corrected chi connectivity index (χ0v) is 18.5. The molecule has 1 saturated heterocycles. The van der Waals surface area contributed by atoms with Gasteiger partial charge in [0.1, 0.15) is 4.21 Å². The number of thiophene rings is 1. The number of rotatable bonds is 5. The summed E-state index contributed by atoms with van der Waals surface area (Å²) in [4.78, 5) is 14.7. The first kappa shape index (κ1) is 21.3. The standard InChI is InChI=1S/C19H24ClN3O3S2/c1-13-4-5-14(2)16(12-13)21-19(24)15(3)22-8-10-23(11-9-22)28(25,26)18-7-6-17(20)27-18/h4-7,12,15H,8-11H2,1-3H3,(H,21,24). The van der Waals surface area contributed by atoms with Crippen molar-refractivity contribution >= 4 is 44.6 Å². The Morgan fingerprint density at radius 3 is 2.43 bits per heavy atom. The molecule has 1 fully saturated rings. The van der Waals surface area contributed by atoms with Crippen LogP contribution in [0.5, 0.6) is 0 Å². The molecule has 0 radical (unpaired) electrons. The molecule has 0 spiro atoms. The maximum absolute atomic E-state index is 12.7. The van der Waals surface area contributed by atoms with Crippen LogP contribution in [0.25, 0.3) is 0 Å². The van der Waals surface area contributed by atoms with Crippen LogP contribution in [0.1, 0.15) is 18.1 Å². The molecule has 1 unspecified atom stereocenters. The average Bonchev–Trinajstić information content (AvgIpc) is 3.11. The zero-order chi connectivity index (χ0) is 20.5. The fraction of sp³-hybridized carbons (Fsp3) is 0.421. The summed E-state index contributed by atoms with van der Waals surface area (Å²) < 4.78 is 27.6. The molecule has 1 N–H and O–H groups in total. The lowest BCUT2D eigenvalue weighted by atomic mass is 10.1. The number of nitrogens with one attached hydrogen (secondary N) is 1. The molecule has 9 heteroatoms. The van der Waals surface area contributed by atoms with Crippen LogP contribution in [-0.4, -0.2) is 55.8 Å². The Bertz CT molecular complexity index is 967. The summed E-state index contributed by atoms with van der Waals surface area (Å²) in [5, 5.41) is 2.99. The van der Waals surface area contributed by atoms with Crippen LogP contribution >= 0.6 is 22.9 Å². The van der Waals surface area contributed by atoms with Gasteiger partial charge in [-0.05, 0) is 50.1 Å². The number of carbonyl (C=O) groups is 1. The molecular weight excluding hydrogens is 418 g/mol. The molecule has 1 aromatic heterocycles. The van der Waals surface area contributed by atoms with Gasteiger partial charge in [0.2, 0.25) is 5.91 Å². The molecule has 1 aromatic carbocycles.